The first-order valence-electron chi connectivity index (χ1n) is 7.38. The van der Waals surface area contributed by atoms with Crippen molar-refractivity contribution < 1.29 is 27.0 Å². The van der Waals surface area contributed by atoms with Crippen molar-refractivity contribution in [2.24, 2.45) is 0 Å². The lowest BCUT2D eigenvalue weighted by atomic mass is 10.3. The molecule has 0 amide bonds. The molecule has 3 rings (SSSR count). The fraction of sp³-hybridized carbons (Fsp3) is 0.176. The molecular formula is C17H13ClFNO5S. The molecule has 0 aromatic heterocycles. The van der Waals surface area contributed by atoms with E-state index in [1.807, 2.05) is 0 Å². The van der Waals surface area contributed by atoms with Gasteiger partial charge in [0.1, 0.15) is 18.2 Å². The van der Waals surface area contributed by atoms with Crippen LogP contribution in [0.1, 0.15) is 0 Å². The van der Waals surface area contributed by atoms with Crippen LogP contribution in [0.5, 0.6) is 17.2 Å². The summed E-state index contributed by atoms with van der Waals surface area (Å²) in [5, 5.41) is -0.268. The van der Waals surface area contributed by atoms with Crippen LogP contribution in [-0.2, 0) is 10.0 Å². The van der Waals surface area contributed by atoms with Gasteiger partial charge in [0.25, 0.3) is 0 Å². The maximum atomic E-state index is 13.1. The molecule has 0 bridgehead atoms. The van der Waals surface area contributed by atoms with Crippen LogP contribution in [0.3, 0.4) is 0 Å². The largest absolute Gasteiger partial charge is 0.481 e. The molecule has 6 nitrogen and oxygen atoms in total. The van der Waals surface area contributed by atoms with Crippen molar-refractivity contribution in [3.8, 4) is 29.1 Å². The molecule has 0 unspecified atom stereocenters. The standard InChI is InChI=1S/C17H13ClFNO5S/c18-14-10-13(4-5-15(14)19)26(21,22)20-7-1-2-8-23-12-3-6-16-17(9-12)25-11-24-16/h3-6,9-10,20H,7-8,11H2. The van der Waals surface area contributed by atoms with E-state index in [0.29, 0.717) is 17.2 Å². The second-order valence-electron chi connectivity index (χ2n) is 5.06. The summed E-state index contributed by atoms with van der Waals surface area (Å²) < 4.78 is 55.3. The highest BCUT2D eigenvalue weighted by molar-refractivity contribution is 7.89. The highest BCUT2D eigenvalue weighted by Crippen LogP contribution is 2.34. The summed E-state index contributed by atoms with van der Waals surface area (Å²) >= 11 is 5.59. The molecule has 1 heterocycles. The van der Waals surface area contributed by atoms with E-state index in [4.69, 9.17) is 25.8 Å². The molecule has 0 saturated carbocycles. The Bertz CT molecular complexity index is 984. The third kappa shape index (κ3) is 4.38. The predicted molar refractivity (Wildman–Crippen MR) is 92.4 cm³/mol. The maximum Gasteiger partial charge on any atom is 0.241 e. The second kappa shape index (κ2) is 7.83. The van der Waals surface area contributed by atoms with Crippen molar-refractivity contribution in [2.45, 2.75) is 4.90 Å². The summed E-state index contributed by atoms with van der Waals surface area (Å²) in [5.74, 6) is 6.44. The Balaban J connectivity index is 1.50. The van der Waals surface area contributed by atoms with E-state index in [1.54, 1.807) is 18.2 Å². The summed E-state index contributed by atoms with van der Waals surface area (Å²) in [6.07, 6.45) is 0. The SMILES string of the molecule is O=S(=O)(NCC#CCOc1ccc2c(c1)OCO2)c1ccc(F)c(Cl)c1. The average Bonchev–Trinajstić information content (AvgIpc) is 3.08. The van der Waals surface area contributed by atoms with Crippen LogP contribution < -0.4 is 18.9 Å². The van der Waals surface area contributed by atoms with Gasteiger partial charge in [-0.2, -0.15) is 4.72 Å². The maximum absolute atomic E-state index is 13.1. The van der Waals surface area contributed by atoms with Crippen molar-refractivity contribution >= 4 is 21.6 Å². The van der Waals surface area contributed by atoms with Gasteiger partial charge in [-0.15, -0.1) is 0 Å². The van der Waals surface area contributed by atoms with Gasteiger partial charge in [-0.3, -0.25) is 0 Å². The summed E-state index contributed by atoms with van der Waals surface area (Å²) in [6, 6.07) is 8.28. The Kier molecular flexibility index (Phi) is 5.52. The van der Waals surface area contributed by atoms with Gasteiger partial charge in [0.05, 0.1) is 16.5 Å². The number of rotatable bonds is 5. The molecule has 0 saturated heterocycles. The first kappa shape index (κ1) is 18.3. The minimum absolute atomic E-state index is 0.0732. The fourth-order valence-electron chi connectivity index (χ4n) is 2.06. The third-order valence-corrected chi connectivity index (χ3v) is 5.02. The highest BCUT2D eigenvalue weighted by atomic mass is 35.5. The summed E-state index contributed by atoms with van der Waals surface area (Å²) in [4.78, 5) is -0.137. The third-order valence-electron chi connectivity index (χ3n) is 3.33. The summed E-state index contributed by atoms with van der Waals surface area (Å²) in [5.41, 5.74) is 0. The molecular weight excluding hydrogens is 385 g/mol. The average molecular weight is 398 g/mol. The van der Waals surface area contributed by atoms with Gasteiger partial charge < -0.3 is 14.2 Å². The predicted octanol–water partition coefficient (Wildman–Crippen LogP) is 2.57. The molecule has 0 spiro atoms. The van der Waals surface area contributed by atoms with E-state index < -0.39 is 15.8 Å². The van der Waals surface area contributed by atoms with Gasteiger partial charge in [-0.05, 0) is 30.3 Å². The zero-order valence-corrected chi connectivity index (χ0v) is 14.9. The van der Waals surface area contributed by atoms with Gasteiger partial charge in [0, 0.05) is 6.07 Å². The molecule has 0 aliphatic carbocycles. The van der Waals surface area contributed by atoms with E-state index in [0.717, 1.165) is 18.2 Å². The van der Waals surface area contributed by atoms with Crippen LogP contribution in [0.25, 0.3) is 0 Å². The number of nitrogens with one attached hydrogen (secondary N) is 1. The summed E-state index contributed by atoms with van der Waals surface area (Å²) in [7, 11) is -3.82. The van der Waals surface area contributed by atoms with Crippen molar-refractivity contribution in [1.29, 1.82) is 0 Å². The molecule has 2 aromatic carbocycles. The van der Waals surface area contributed by atoms with Crippen LogP contribution in [-0.4, -0.2) is 28.4 Å². The molecule has 1 aliphatic heterocycles. The Morgan fingerprint density at radius 1 is 1.15 bits per heavy atom. The number of benzene rings is 2. The van der Waals surface area contributed by atoms with Gasteiger partial charge >= 0.3 is 0 Å². The highest BCUT2D eigenvalue weighted by Gasteiger charge is 2.15. The molecule has 0 radical (unpaired) electrons. The molecule has 2 aromatic rings. The first-order valence-corrected chi connectivity index (χ1v) is 9.25. The molecule has 9 heteroatoms. The van der Waals surface area contributed by atoms with Crippen LogP contribution in [0.2, 0.25) is 5.02 Å². The van der Waals surface area contributed by atoms with E-state index in [9.17, 15) is 12.8 Å². The lowest BCUT2D eigenvalue weighted by molar-refractivity contribution is 0.174. The van der Waals surface area contributed by atoms with E-state index in [2.05, 4.69) is 16.6 Å². The van der Waals surface area contributed by atoms with Gasteiger partial charge in [0.15, 0.2) is 11.5 Å². The zero-order chi connectivity index (χ0) is 18.6. The topological polar surface area (TPSA) is 73.9 Å². The summed E-state index contributed by atoms with van der Waals surface area (Å²) in [6.45, 7) is 0.129. The van der Waals surface area contributed by atoms with Crippen molar-refractivity contribution in [2.75, 3.05) is 19.9 Å². The van der Waals surface area contributed by atoms with Gasteiger partial charge in [0.2, 0.25) is 16.8 Å². The molecule has 136 valence electrons. The van der Waals surface area contributed by atoms with E-state index >= 15 is 0 Å². The van der Waals surface area contributed by atoms with Crippen LogP contribution in [0, 0.1) is 17.7 Å². The quantitative estimate of drug-likeness (QED) is 0.785. The van der Waals surface area contributed by atoms with Crippen LogP contribution >= 0.6 is 11.6 Å². The normalized spacial score (nSPS) is 12.4. The van der Waals surface area contributed by atoms with E-state index in [1.165, 1.54) is 0 Å². The number of ether oxygens (including phenoxy) is 3. The Morgan fingerprint density at radius 2 is 1.96 bits per heavy atom. The second-order valence-corrected chi connectivity index (χ2v) is 7.23. The molecule has 1 N–H and O–H groups in total. The first-order chi connectivity index (χ1) is 12.5. The number of halogens is 2. The Morgan fingerprint density at radius 3 is 2.77 bits per heavy atom. The van der Waals surface area contributed by atoms with Crippen molar-refractivity contribution in [3.63, 3.8) is 0 Å². The monoisotopic (exact) mass is 397 g/mol. The van der Waals surface area contributed by atoms with Gasteiger partial charge in [-0.1, -0.05) is 23.4 Å². The number of fused-ring (bicyclic) bond motifs is 1. The zero-order valence-electron chi connectivity index (χ0n) is 13.3. The van der Waals surface area contributed by atoms with Crippen molar-refractivity contribution in [3.05, 3.63) is 47.2 Å². The number of hydrogen-bond acceptors (Lipinski definition) is 5. The number of hydrogen-bond donors (Lipinski definition) is 1. The van der Waals surface area contributed by atoms with E-state index in [-0.39, 0.29) is 29.9 Å². The lowest BCUT2D eigenvalue weighted by Gasteiger charge is -2.05. The molecule has 1 aliphatic rings. The Hall–Kier alpha value is -2.47. The molecule has 0 fully saturated rings. The minimum Gasteiger partial charge on any atom is -0.481 e. The minimum atomic E-state index is -3.82. The van der Waals surface area contributed by atoms with Crippen molar-refractivity contribution in [1.82, 2.24) is 4.72 Å². The molecule has 0 atom stereocenters. The smallest absolute Gasteiger partial charge is 0.241 e. The van der Waals surface area contributed by atoms with Gasteiger partial charge in [-0.25, -0.2) is 12.8 Å². The number of sulfonamides is 1. The van der Waals surface area contributed by atoms with Crippen LogP contribution in [0.15, 0.2) is 41.3 Å². The molecule has 26 heavy (non-hydrogen) atoms. The fourth-order valence-corrected chi connectivity index (χ4v) is 3.25. The van der Waals surface area contributed by atoms with Crippen LogP contribution in [0.4, 0.5) is 4.39 Å². The Labute approximate surface area is 154 Å². The lowest BCUT2D eigenvalue weighted by Crippen LogP contribution is -2.24.